The Morgan fingerprint density at radius 1 is 1.47 bits per heavy atom. The molecule has 1 aliphatic carbocycles. The molecule has 1 aromatic rings. The van der Waals surface area contributed by atoms with E-state index >= 15 is 0 Å². The van der Waals surface area contributed by atoms with Crippen LogP contribution in [0, 0.1) is 5.92 Å². The van der Waals surface area contributed by atoms with Gasteiger partial charge < -0.3 is 15.2 Å². The number of thiophene rings is 1. The minimum atomic E-state index is -0.968. The quantitative estimate of drug-likeness (QED) is 0.841. The molecule has 0 aliphatic heterocycles. The van der Waals surface area contributed by atoms with Gasteiger partial charge in [0.1, 0.15) is 4.88 Å². The van der Waals surface area contributed by atoms with Gasteiger partial charge in [-0.2, -0.15) is 0 Å². The van der Waals surface area contributed by atoms with Crippen LogP contribution in [0.25, 0.3) is 0 Å². The van der Waals surface area contributed by atoms with Crippen LogP contribution in [0.15, 0.2) is 12.1 Å². The van der Waals surface area contributed by atoms with Crippen molar-refractivity contribution in [1.29, 1.82) is 0 Å². The molecule has 6 heteroatoms. The van der Waals surface area contributed by atoms with Gasteiger partial charge in [0.15, 0.2) is 0 Å². The van der Waals surface area contributed by atoms with Gasteiger partial charge in [-0.05, 0) is 37.8 Å². The third kappa shape index (κ3) is 3.78. The minimum absolute atomic E-state index is 0.0567. The topological polar surface area (TPSA) is 75.6 Å². The van der Waals surface area contributed by atoms with Crippen LogP contribution < -0.4 is 5.32 Å². The van der Waals surface area contributed by atoms with Gasteiger partial charge >= 0.3 is 5.97 Å². The van der Waals surface area contributed by atoms with Crippen LogP contribution in [0.5, 0.6) is 0 Å². The molecule has 0 radical (unpaired) electrons. The fourth-order valence-electron chi connectivity index (χ4n) is 2.18. The number of carbonyl (C=O) groups excluding carboxylic acids is 1. The maximum Gasteiger partial charge on any atom is 0.345 e. The summed E-state index contributed by atoms with van der Waals surface area (Å²) in [6, 6.07) is 3.12. The summed E-state index contributed by atoms with van der Waals surface area (Å²) in [6.45, 7) is 2.69. The normalized spacial score (nSPS) is 21.7. The molecule has 19 heavy (non-hydrogen) atoms. The second kappa shape index (κ2) is 6.16. The van der Waals surface area contributed by atoms with Crippen LogP contribution in [0.1, 0.15) is 35.9 Å². The molecule has 0 unspecified atom stereocenters. The Labute approximate surface area is 115 Å². The molecule has 1 amide bonds. The second-order valence-corrected chi connectivity index (χ2v) is 5.72. The Morgan fingerprint density at radius 2 is 2.21 bits per heavy atom. The Bertz CT molecular complexity index is 465. The zero-order valence-electron chi connectivity index (χ0n) is 10.7. The molecule has 1 heterocycles. The van der Waals surface area contributed by atoms with Crippen molar-refractivity contribution >= 4 is 28.2 Å². The number of hydrogen-bond acceptors (Lipinski definition) is 4. The second-order valence-electron chi connectivity index (χ2n) is 4.64. The van der Waals surface area contributed by atoms with Crippen LogP contribution in [-0.4, -0.2) is 29.7 Å². The molecule has 0 atom stereocenters. The lowest BCUT2D eigenvalue weighted by Gasteiger charge is -2.34. The third-order valence-corrected chi connectivity index (χ3v) is 4.14. The highest BCUT2D eigenvalue weighted by Crippen LogP contribution is 2.33. The van der Waals surface area contributed by atoms with E-state index in [-0.39, 0.29) is 10.8 Å². The van der Waals surface area contributed by atoms with Crippen LogP contribution in [-0.2, 0) is 9.53 Å². The number of carboxylic acid groups (broad SMARTS) is 1. The van der Waals surface area contributed by atoms with Gasteiger partial charge in [0.2, 0.25) is 5.91 Å². The molecule has 0 saturated heterocycles. The van der Waals surface area contributed by atoms with E-state index < -0.39 is 5.97 Å². The molecule has 1 fully saturated rings. The molecular weight excluding hydrogens is 266 g/mol. The number of carbonyl (C=O) groups is 2. The Hall–Kier alpha value is -1.40. The summed E-state index contributed by atoms with van der Waals surface area (Å²) < 4.78 is 5.44. The van der Waals surface area contributed by atoms with Crippen molar-refractivity contribution in [3.63, 3.8) is 0 Å². The number of anilines is 1. The van der Waals surface area contributed by atoms with Crippen molar-refractivity contribution in [1.82, 2.24) is 0 Å². The number of aromatic carboxylic acids is 1. The number of nitrogens with one attached hydrogen (secondary N) is 1. The predicted octanol–water partition coefficient (Wildman–Crippen LogP) is 2.59. The van der Waals surface area contributed by atoms with E-state index in [4.69, 9.17) is 9.84 Å². The van der Waals surface area contributed by atoms with E-state index in [1.54, 1.807) is 6.07 Å². The molecule has 0 aromatic carbocycles. The van der Waals surface area contributed by atoms with Crippen molar-refractivity contribution < 1.29 is 19.4 Å². The summed E-state index contributed by atoms with van der Waals surface area (Å²) in [7, 11) is 0. The van der Waals surface area contributed by atoms with E-state index in [0.717, 1.165) is 30.8 Å². The van der Waals surface area contributed by atoms with Crippen molar-refractivity contribution in [3.05, 3.63) is 17.0 Å². The molecule has 2 rings (SSSR count). The van der Waals surface area contributed by atoms with Crippen LogP contribution in [0.3, 0.4) is 0 Å². The summed E-state index contributed by atoms with van der Waals surface area (Å²) in [6.07, 6.45) is 2.66. The number of amides is 1. The minimum Gasteiger partial charge on any atom is -0.477 e. The zero-order valence-corrected chi connectivity index (χ0v) is 11.5. The average Bonchev–Trinajstić information content (AvgIpc) is 2.75. The maximum absolute atomic E-state index is 11.8. The summed E-state index contributed by atoms with van der Waals surface area (Å²) in [5.74, 6) is -0.641. The third-order valence-electron chi connectivity index (χ3n) is 3.15. The molecule has 104 valence electrons. The highest BCUT2D eigenvalue weighted by molar-refractivity contribution is 7.18. The molecule has 1 aromatic heterocycles. The van der Waals surface area contributed by atoms with Crippen molar-refractivity contribution in [2.24, 2.45) is 5.92 Å². The van der Waals surface area contributed by atoms with Gasteiger partial charge in [-0.3, -0.25) is 4.79 Å². The average molecular weight is 283 g/mol. The van der Waals surface area contributed by atoms with E-state index in [9.17, 15) is 9.59 Å². The van der Waals surface area contributed by atoms with Crippen LogP contribution in [0.2, 0.25) is 0 Å². The summed E-state index contributed by atoms with van der Waals surface area (Å²) >= 11 is 1.07. The largest absolute Gasteiger partial charge is 0.477 e. The number of carboxylic acids is 1. The lowest BCUT2D eigenvalue weighted by Crippen LogP contribution is -2.33. The first-order valence-electron chi connectivity index (χ1n) is 6.33. The Morgan fingerprint density at radius 3 is 2.79 bits per heavy atom. The summed E-state index contributed by atoms with van der Waals surface area (Å²) in [4.78, 5) is 22.7. The SMILES string of the molecule is CCOC1CC(CC(=O)Nc2ccc(C(=O)O)s2)C1. The fraction of sp³-hybridized carbons (Fsp3) is 0.538. The van der Waals surface area contributed by atoms with Crippen LogP contribution >= 0.6 is 11.3 Å². The first kappa shape index (κ1) is 14.0. The van der Waals surface area contributed by atoms with Gasteiger partial charge in [0, 0.05) is 13.0 Å². The van der Waals surface area contributed by atoms with Gasteiger partial charge in [-0.1, -0.05) is 0 Å². The molecule has 0 spiro atoms. The van der Waals surface area contributed by atoms with Crippen LogP contribution in [0.4, 0.5) is 5.00 Å². The van der Waals surface area contributed by atoms with Crippen molar-refractivity contribution in [2.75, 3.05) is 11.9 Å². The van der Waals surface area contributed by atoms with Gasteiger partial charge in [-0.15, -0.1) is 11.3 Å². The molecule has 1 saturated carbocycles. The van der Waals surface area contributed by atoms with Gasteiger partial charge in [-0.25, -0.2) is 4.79 Å². The molecule has 1 aliphatic rings. The first-order valence-corrected chi connectivity index (χ1v) is 7.14. The van der Waals surface area contributed by atoms with Gasteiger partial charge in [0.05, 0.1) is 11.1 Å². The van der Waals surface area contributed by atoms with Crippen molar-refractivity contribution in [3.8, 4) is 0 Å². The number of hydrogen-bond donors (Lipinski definition) is 2. The molecule has 0 bridgehead atoms. The lowest BCUT2D eigenvalue weighted by molar-refractivity contribution is -0.119. The molecular formula is C13H17NO4S. The van der Waals surface area contributed by atoms with E-state index in [0.29, 0.717) is 23.4 Å². The van der Waals surface area contributed by atoms with E-state index in [1.165, 1.54) is 6.07 Å². The standard InChI is InChI=1S/C13H17NO4S/c1-2-18-9-5-8(6-9)7-11(15)14-12-4-3-10(19-12)13(16)17/h3-4,8-9H,2,5-7H2,1H3,(H,14,15)(H,16,17). The lowest BCUT2D eigenvalue weighted by atomic mass is 9.80. The number of rotatable bonds is 6. The van der Waals surface area contributed by atoms with Crippen molar-refractivity contribution in [2.45, 2.75) is 32.3 Å². The maximum atomic E-state index is 11.8. The van der Waals surface area contributed by atoms with E-state index in [1.807, 2.05) is 6.92 Å². The first-order chi connectivity index (χ1) is 9.08. The zero-order chi connectivity index (χ0) is 13.8. The highest BCUT2D eigenvalue weighted by Gasteiger charge is 2.31. The monoisotopic (exact) mass is 283 g/mol. The number of ether oxygens (including phenoxy) is 1. The fourth-order valence-corrected chi connectivity index (χ4v) is 2.94. The summed E-state index contributed by atoms with van der Waals surface area (Å²) in [5.41, 5.74) is 0. The van der Waals surface area contributed by atoms with E-state index in [2.05, 4.69) is 5.32 Å². The predicted molar refractivity (Wildman–Crippen MR) is 72.7 cm³/mol. The van der Waals surface area contributed by atoms with Gasteiger partial charge in [0.25, 0.3) is 0 Å². The molecule has 2 N–H and O–H groups in total. The Balaban J connectivity index is 1.74. The highest BCUT2D eigenvalue weighted by atomic mass is 32.1. The Kier molecular flexibility index (Phi) is 4.55. The smallest absolute Gasteiger partial charge is 0.345 e. The molecule has 5 nitrogen and oxygen atoms in total. The summed E-state index contributed by atoms with van der Waals surface area (Å²) in [5, 5.41) is 12.1.